The van der Waals surface area contributed by atoms with E-state index in [0.29, 0.717) is 29.8 Å². The zero-order chi connectivity index (χ0) is 20.1. The number of halogens is 1. The van der Waals surface area contributed by atoms with Crippen molar-refractivity contribution in [1.82, 2.24) is 29.3 Å². The van der Waals surface area contributed by atoms with E-state index in [9.17, 15) is 0 Å². The predicted octanol–water partition coefficient (Wildman–Crippen LogP) is 4.07. The van der Waals surface area contributed by atoms with Crippen LogP contribution >= 0.6 is 11.6 Å². The van der Waals surface area contributed by atoms with Crippen molar-refractivity contribution in [3.8, 4) is 28.7 Å². The van der Waals surface area contributed by atoms with Gasteiger partial charge in [-0.1, -0.05) is 25.4 Å². The highest BCUT2D eigenvalue weighted by atomic mass is 35.5. The number of fused-ring (bicyclic) bond motifs is 5. The lowest BCUT2D eigenvalue weighted by Gasteiger charge is -2.08. The van der Waals surface area contributed by atoms with Gasteiger partial charge in [0.1, 0.15) is 24.9 Å². The summed E-state index contributed by atoms with van der Waals surface area (Å²) in [4.78, 5) is 9.26. The van der Waals surface area contributed by atoms with Gasteiger partial charge in [0.05, 0.1) is 23.6 Å². The van der Waals surface area contributed by atoms with Crippen LogP contribution in [0.15, 0.2) is 35.2 Å². The molecule has 0 bridgehead atoms. The van der Waals surface area contributed by atoms with Gasteiger partial charge in [0.15, 0.2) is 11.6 Å². The minimum Gasteiger partial charge on any atom is -0.443 e. The first kappa shape index (κ1) is 18.1. The number of imidazole rings is 1. The second kappa shape index (κ2) is 6.82. The predicted molar refractivity (Wildman–Crippen MR) is 107 cm³/mol. The standard InChI is InChI=1S/C20H19ClN6O2/c1-11(2)14-8-29-20(23-14)18-16-7-26-17(9-28-3)24-25-19(26)13-6-12(21)4-5-15(13)27(16)10-22-18/h4-6,8,10-11H,7,9H2,1-3H3. The number of nitrogens with zero attached hydrogens (tertiary/aromatic N) is 6. The Hall–Kier alpha value is -2.97. The Kier molecular flexibility index (Phi) is 4.25. The maximum absolute atomic E-state index is 6.29. The van der Waals surface area contributed by atoms with Gasteiger partial charge in [-0.15, -0.1) is 10.2 Å². The molecular formula is C20H19ClN6O2. The van der Waals surface area contributed by atoms with Gasteiger partial charge in [0, 0.05) is 17.7 Å². The van der Waals surface area contributed by atoms with Gasteiger partial charge in [-0.25, -0.2) is 9.97 Å². The molecule has 9 heteroatoms. The first-order chi connectivity index (χ1) is 14.1. The molecule has 29 heavy (non-hydrogen) atoms. The van der Waals surface area contributed by atoms with Crippen LogP contribution in [0.1, 0.15) is 37.0 Å². The highest BCUT2D eigenvalue weighted by Crippen LogP contribution is 2.36. The Balaban J connectivity index is 1.74. The SMILES string of the molecule is COCc1nnc2n1Cc1c(-c3nc(C(C)C)co3)ncn1-c1ccc(Cl)cc1-2. The molecule has 0 N–H and O–H groups in total. The van der Waals surface area contributed by atoms with Crippen LogP contribution in [-0.2, 0) is 17.9 Å². The molecule has 1 aromatic carbocycles. The average molecular weight is 411 g/mol. The molecule has 0 unspecified atom stereocenters. The summed E-state index contributed by atoms with van der Waals surface area (Å²) in [5, 5.41) is 9.36. The van der Waals surface area contributed by atoms with Crippen LogP contribution < -0.4 is 0 Å². The highest BCUT2D eigenvalue weighted by molar-refractivity contribution is 6.31. The maximum atomic E-state index is 6.29. The van der Waals surface area contributed by atoms with Crippen molar-refractivity contribution in [1.29, 1.82) is 0 Å². The number of benzene rings is 1. The third-order valence-electron chi connectivity index (χ3n) is 5.05. The smallest absolute Gasteiger partial charge is 0.247 e. The van der Waals surface area contributed by atoms with Crippen molar-refractivity contribution in [3.63, 3.8) is 0 Å². The van der Waals surface area contributed by atoms with Gasteiger partial charge in [-0.05, 0) is 24.1 Å². The molecule has 0 spiro atoms. The number of hydrogen-bond acceptors (Lipinski definition) is 6. The van der Waals surface area contributed by atoms with Crippen LogP contribution in [0.4, 0.5) is 0 Å². The zero-order valence-corrected chi connectivity index (χ0v) is 17.0. The van der Waals surface area contributed by atoms with Crippen molar-refractivity contribution in [2.75, 3.05) is 7.11 Å². The number of aromatic nitrogens is 6. The molecule has 0 radical (unpaired) electrons. The lowest BCUT2D eigenvalue weighted by molar-refractivity contribution is 0.174. The topological polar surface area (TPSA) is 83.8 Å². The monoisotopic (exact) mass is 410 g/mol. The Morgan fingerprint density at radius 1 is 1.28 bits per heavy atom. The second-order valence-electron chi connectivity index (χ2n) is 7.26. The molecular weight excluding hydrogens is 392 g/mol. The zero-order valence-electron chi connectivity index (χ0n) is 16.3. The van der Waals surface area contributed by atoms with Crippen molar-refractivity contribution in [2.24, 2.45) is 0 Å². The molecule has 0 aliphatic carbocycles. The number of methoxy groups -OCH3 is 1. The average Bonchev–Trinajstić information content (AvgIpc) is 3.40. The minimum atomic E-state index is 0.273. The fourth-order valence-corrected chi connectivity index (χ4v) is 3.73. The van der Waals surface area contributed by atoms with E-state index in [0.717, 1.165) is 34.3 Å². The summed E-state index contributed by atoms with van der Waals surface area (Å²) in [6, 6.07) is 5.71. The van der Waals surface area contributed by atoms with Crippen LogP contribution in [0.2, 0.25) is 5.02 Å². The summed E-state index contributed by atoms with van der Waals surface area (Å²) in [5.74, 6) is 2.24. The molecule has 4 heterocycles. The fraction of sp³-hybridized carbons (Fsp3) is 0.300. The summed E-state index contributed by atoms with van der Waals surface area (Å²) in [5.41, 5.74) is 4.33. The first-order valence-electron chi connectivity index (χ1n) is 9.30. The van der Waals surface area contributed by atoms with Gasteiger partial charge in [-0.3, -0.25) is 4.57 Å². The number of ether oxygens (including phenoxy) is 1. The van der Waals surface area contributed by atoms with Crippen molar-refractivity contribution in [2.45, 2.75) is 32.9 Å². The van der Waals surface area contributed by atoms with Gasteiger partial charge in [0.25, 0.3) is 0 Å². The van der Waals surface area contributed by atoms with Crippen LogP contribution in [-0.4, -0.2) is 36.4 Å². The van der Waals surface area contributed by atoms with Crippen LogP contribution in [0.25, 0.3) is 28.7 Å². The van der Waals surface area contributed by atoms with Crippen molar-refractivity contribution >= 4 is 11.6 Å². The van der Waals surface area contributed by atoms with E-state index in [1.165, 1.54) is 0 Å². The van der Waals surface area contributed by atoms with E-state index >= 15 is 0 Å². The molecule has 0 atom stereocenters. The quantitative estimate of drug-likeness (QED) is 0.444. The summed E-state index contributed by atoms with van der Waals surface area (Å²) in [7, 11) is 1.64. The van der Waals surface area contributed by atoms with E-state index in [4.69, 9.17) is 20.8 Å². The summed E-state index contributed by atoms with van der Waals surface area (Å²) in [6.45, 7) is 5.01. The Labute approximate surface area is 172 Å². The molecule has 5 rings (SSSR count). The van der Waals surface area contributed by atoms with E-state index < -0.39 is 0 Å². The largest absolute Gasteiger partial charge is 0.443 e. The van der Waals surface area contributed by atoms with Gasteiger partial charge in [0.2, 0.25) is 5.89 Å². The van der Waals surface area contributed by atoms with Crippen LogP contribution in [0.5, 0.6) is 0 Å². The Morgan fingerprint density at radius 2 is 2.14 bits per heavy atom. The Morgan fingerprint density at radius 3 is 2.90 bits per heavy atom. The van der Waals surface area contributed by atoms with Crippen molar-refractivity contribution in [3.05, 3.63) is 53.0 Å². The molecule has 0 saturated heterocycles. The summed E-state index contributed by atoms with van der Waals surface area (Å²) < 4.78 is 15.1. The lowest BCUT2D eigenvalue weighted by atomic mass is 10.1. The molecule has 3 aromatic heterocycles. The number of rotatable bonds is 4. The van der Waals surface area contributed by atoms with Crippen LogP contribution in [0.3, 0.4) is 0 Å². The highest BCUT2D eigenvalue weighted by Gasteiger charge is 2.28. The number of hydrogen-bond donors (Lipinski definition) is 0. The third-order valence-corrected chi connectivity index (χ3v) is 5.29. The molecule has 0 saturated carbocycles. The van der Waals surface area contributed by atoms with E-state index in [1.807, 2.05) is 27.3 Å². The molecule has 0 amide bonds. The lowest BCUT2D eigenvalue weighted by Crippen LogP contribution is -2.09. The molecule has 1 aliphatic heterocycles. The Bertz CT molecular complexity index is 1210. The second-order valence-corrected chi connectivity index (χ2v) is 7.70. The van der Waals surface area contributed by atoms with E-state index in [-0.39, 0.29) is 5.92 Å². The van der Waals surface area contributed by atoms with Crippen molar-refractivity contribution < 1.29 is 9.15 Å². The van der Waals surface area contributed by atoms with Crippen LogP contribution in [0, 0.1) is 0 Å². The normalized spacial score (nSPS) is 12.6. The van der Waals surface area contributed by atoms with E-state index in [2.05, 4.69) is 34.0 Å². The third kappa shape index (κ3) is 2.87. The van der Waals surface area contributed by atoms with Gasteiger partial charge >= 0.3 is 0 Å². The fourth-order valence-electron chi connectivity index (χ4n) is 3.55. The number of oxazole rings is 1. The minimum absolute atomic E-state index is 0.273. The maximum Gasteiger partial charge on any atom is 0.247 e. The van der Waals surface area contributed by atoms with Gasteiger partial charge in [-0.2, -0.15) is 0 Å². The van der Waals surface area contributed by atoms with E-state index in [1.54, 1.807) is 19.7 Å². The summed E-state index contributed by atoms with van der Waals surface area (Å²) >= 11 is 6.29. The molecule has 0 fully saturated rings. The molecule has 1 aliphatic rings. The van der Waals surface area contributed by atoms with Gasteiger partial charge < -0.3 is 13.7 Å². The molecule has 148 valence electrons. The summed E-state index contributed by atoms with van der Waals surface area (Å²) in [6.07, 6.45) is 3.48. The first-order valence-corrected chi connectivity index (χ1v) is 9.68. The molecule has 8 nitrogen and oxygen atoms in total. The molecule has 4 aromatic rings.